The maximum absolute atomic E-state index is 12.5. The fourth-order valence-electron chi connectivity index (χ4n) is 3.72. The molecule has 0 aliphatic carbocycles. The molecule has 0 saturated carbocycles. The van der Waals surface area contributed by atoms with Gasteiger partial charge in [-0.1, -0.05) is 6.42 Å². The maximum Gasteiger partial charge on any atom is 0.264 e. The highest BCUT2D eigenvalue weighted by molar-refractivity contribution is 5.77. The van der Waals surface area contributed by atoms with Crippen LogP contribution < -0.4 is 10.9 Å². The molecular formula is C19H24N6O3. The Morgan fingerprint density at radius 2 is 2.14 bits per heavy atom. The lowest BCUT2D eigenvalue weighted by Crippen LogP contribution is -2.41. The molecule has 148 valence electrons. The van der Waals surface area contributed by atoms with E-state index in [0.717, 1.165) is 31.7 Å². The second-order valence-corrected chi connectivity index (χ2v) is 7.12. The van der Waals surface area contributed by atoms with Crippen molar-refractivity contribution in [1.29, 1.82) is 0 Å². The SMILES string of the molecule is Cn1ncc2c(=O)n(CC(=O)NC[C@H](c3ccco3)N3CCCCC3)cnc21. The summed E-state index contributed by atoms with van der Waals surface area (Å²) in [5.41, 5.74) is 0.233. The van der Waals surface area contributed by atoms with Gasteiger partial charge in [-0.25, -0.2) is 4.98 Å². The lowest BCUT2D eigenvalue weighted by Gasteiger charge is -2.33. The quantitative estimate of drug-likeness (QED) is 0.683. The van der Waals surface area contributed by atoms with Crippen LogP contribution in [0.4, 0.5) is 0 Å². The first-order valence-electron chi connectivity index (χ1n) is 9.55. The first kappa shape index (κ1) is 18.4. The van der Waals surface area contributed by atoms with E-state index in [1.165, 1.54) is 28.2 Å². The molecule has 4 rings (SSSR count). The van der Waals surface area contributed by atoms with Gasteiger partial charge < -0.3 is 9.73 Å². The molecule has 1 saturated heterocycles. The number of fused-ring (bicyclic) bond motifs is 1. The van der Waals surface area contributed by atoms with Gasteiger partial charge in [0.15, 0.2) is 5.65 Å². The van der Waals surface area contributed by atoms with Gasteiger partial charge in [-0.05, 0) is 38.1 Å². The Kier molecular flexibility index (Phi) is 5.25. The minimum atomic E-state index is -0.271. The number of amides is 1. The lowest BCUT2D eigenvalue weighted by atomic mass is 10.1. The Bertz CT molecular complexity index is 1000. The summed E-state index contributed by atoms with van der Waals surface area (Å²) in [6.07, 6.45) is 8.06. The molecule has 28 heavy (non-hydrogen) atoms. The van der Waals surface area contributed by atoms with Crippen LogP contribution in [0.3, 0.4) is 0 Å². The average molecular weight is 384 g/mol. The van der Waals surface area contributed by atoms with Gasteiger partial charge in [-0.15, -0.1) is 0 Å². The molecule has 3 aromatic heterocycles. The number of nitrogens with zero attached hydrogens (tertiary/aromatic N) is 5. The Morgan fingerprint density at radius 1 is 1.32 bits per heavy atom. The monoisotopic (exact) mass is 384 g/mol. The summed E-state index contributed by atoms with van der Waals surface area (Å²) in [6.45, 7) is 2.33. The van der Waals surface area contributed by atoms with Crippen LogP contribution >= 0.6 is 0 Å². The van der Waals surface area contributed by atoms with Gasteiger partial charge in [0.25, 0.3) is 5.56 Å². The predicted molar refractivity (Wildman–Crippen MR) is 103 cm³/mol. The summed E-state index contributed by atoms with van der Waals surface area (Å²) in [6, 6.07) is 3.80. The Labute approximate surface area is 161 Å². The standard InChI is InChI=1S/C19H24N6O3/c1-23-18-14(10-22-23)19(27)25(13-21-18)12-17(26)20-11-15(16-6-5-9-28-16)24-7-3-2-4-8-24/h5-6,9-10,13,15H,2-4,7-8,11-12H2,1H3,(H,20,26)/t15-/m1/s1. The Morgan fingerprint density at radius 3 is 2.89 bits per heavy atom. The summed E-state index contributed by atoms with van der Waals surface area (Å²) >= 11 is 0. The van der Waals surface area contributed by atoms with Crippen LogP contribution in [-0.2, 0) is 18.4 Å². The van der Waals surface area contributed by atoms with Crippen LogP contribution in [0.25, 0.3) is 11.0 Å². The number of aromatic nitrogens is 4. The zero-order valence-electron chi connectivity index (χ0n) is 15.9. The summed E-state index contributed by atoms with van der Waals surface area (Å²) in [7, 11) is 1.72. The molecule has 0 aromatic carbocycles. The van der Waals surface area contributed by atoms with E-state index in [1.54, 1.807) is 13.3 Å². The molecule has 0 radical (unpaired) electrons. The first-order valence-corrected chi connectivity index (χ1v) is 9.55. The fourth-order valence-corrected chi connectivity index (χ4v) is 3.72. The molecule has 1 amide bonds. The highest BCUT2D eigenvalue weighted by Gasteiger charge is 2.25. The van der Waals surface area contributed by atoms with E-state index in [0.29, 0.717) is 17.6 Å². The van der Waals surface area contributed by atoms with Crippen LogP contribution in [0.2, 0.25) is 0 Å². The van der Waals surface area contributed by atoms with Crippen LogP contribution in [0.1, 0.15) is 31.1 Å². The van der Waals surface area contributed by atoms with Crippen LogP contribution in [-0.4, -0.2) is 49.8 Å². The molecule has 9 nitrogen and oxygen atoms in total. The average Bonchev–Trinajstić information content (AvgIpc) is 3.36. The zero-order chi connectivity index (χ0) is 19.5. The van der Waals surface area contributed by atoms with E-state index in [1.807, 2.05) is 12.1 Å². The van der Waals surface area contributed by atoms with Crippen molar-refractivity contribution in [1.82, 2.24) is 29.5 Å². The van der Waals surface area contributed by atoms with Crippen molar-refractivity contribution in [3.05, 3.63) is 47.0 Å². The van der Waals surface area contributed by atoms with Gasteiger partial charge in [0.05, 0.1) is 18.5 Å². The predicted octanol–water partition coefficient (Wildman–Crippen LogP) is 1.07. The van der Waals surface area contributed by atoms with E-state index in [2.05, 4.69) is 20.3 Å². The number of nitrogens with one attached hydrogen (secondary N) is 1. The molecule has 1 aliphatic heterocycles. The fraction of sp³-hybridized carbons (Fsp3) is 0.474. The largest absolute Gasteiger partial charge is 0.468 e. The molecule has 1 N–H and O–H groups in total. The zero-order valence-corrected chi connectivity index (χ0v) is 15.9. The maximum atomic E-state index is 12.5. The Balaban J connectivity index is 1.44. The van der Waals surface area contributed by atoms with Crippen molar-refractivity contribution in [3.63, 3.8) is 0 Å². The highest BCUT2D eigenvalue weighted by atomic mass is 16.3. The number of piperidine rings is 1. The number of carbonyl (C=O) groups excluding carboxylic acids is 1. The first-order chi connectivity index (χ1) is 13.6. The van der Waals surface area contributed by atoms with Crippen molar-refractivity contribution in [2.75, 3.05) is 19.6 Å². The molecule has 0 unspecified atom stereocenters. The van der Waals surface area contributed by atoms with E-state index in [-0.39, 0.29) is 24.1 Å². The van der Waals surface area contributed by atoms with E-state index < -0.39 is 0 Å². The molecule has 1 fully saturated rings. The van der Waals surface area contributed by atoms with Gasteiger partial charge in [0.1, 0.15) is 24.0 Å². The Hall–Kier alpha value is -2.94. The van der Waals surface area contributed by atoms with Crippen molar-refractivity contribution >= 4 is 16.9 Å². The molecule has 1 atom stereocenters. The summed E-state index contributed by atoms with van der Waals surface area (Å²) in [5.74, 6) is 0.610. The highest BCUT2D eigenvalue weighted by Crippen LogP contribution is 2.24. The smallest absolute Gasteiger partial charge is 0.264 e. The number of hydrogen-bond donors (Lipinski definition) is 1. The van der Waals surface area contributed by atoms with Gasteiger partial charge in [-0.2, -0.15) is 5.10 Å². The van der Waals surface area contributed by atoms with Gasteiger partial charge in [0.2, 0.25) is 5.91 Å². The minimum absolute atomic E-state index is 0.00472. The number of rotatable bonds is 6. The van der Waals surface area contributed by atoms with E-state index in [4.69, 9.17) is 4.42 Å². The summed E-state index contributed by atoms with van der Waals surface area (Å²) < 4.78 is 8.44. The van der Waals surface area contributed by atoms with Gasteiger partial charge >= 0.3 is 0 Å². The topological polar surface area (TPSA) is 98.2 Å². The van der Waals surface area contributed by atoms with E-state index >= 15 is 0 Å². The lowest BCUT2D eigenvalue weighted by molar-refractivity contribution is -0.122. The number of aryl methyl sites for hydroxylation is 1. The third-order valence-electron chi connectivity index (χ3n) is 5.23. The number of hydrogen-bond acceptors (Lipinski definition) is 6. The van der Waals surface area contributed by atoms with E-state index in [9.17, 15) is 9.59 Å². The van der Waals surface area contributed by atoms with Gasteiger partial charge in [-0.3, -0.25) is 23.7 Å². The second kappa shape index (κ2) is 7.97. The van der Waals surface area contributed by atoms with Crippen molar-refractivity contribution in [3.8, 4) is 0 Å². The van der Waals surface area contributed by atoms with Crippen molar-refractivity contribution in [2.24, 2.45) is 7.05 Å². The molecule has 1 aliphatic rings. The van der Waals surface area contributed by atoms with Crippen LogP contribution in [0.15, 0.2) is 40.1 Å². The third kappa shape index (κ3) is 3.70. The number of carbonyl (C=O) groups is 1. The van der Waals surface area contributed by atoms with Crippen LogP contribution in [0.5, 0.6) is 0 Å². The molecule has 0 bridgehead atoms. The van der Waals surface area contributed by atoms with Crippen LogP contribution in [0, 0.1) is 0 Å². The molecule has 4 heterocycles. The number of furan rings is 1. The van der Waals surface area contributed by atoms with Crippen molar-refractivity contribution < 1.29 is 9.21 Å². The third-order valence-corrected chi connectivity index (χ3v) is 5.23. The summed E-state index contributed by atoms with van der Waals surface area (Å²) in [4.78, 5) is 31.6. The molecule has 9 heteroatoms. The number of likely N-dealkylation sites (tertiary alicyclic amines) is 1. The minimum Gasteiger partial charge on any atom is -0.468 e. The molecule has 0 spiro atoms. The molecular weight excluding hydrogens is 360 g/mol. The summed E-state index contributed by atoms with van der Waals surface area (Å²) in [5, 5.41) is 7.39. The normalized spacial score (nSPS) is 16.3. The second-order valence-electron chi connectivity index (χ2n) is 7.12. The van der Waals surface area contributed by atoms with Crippen molar-refractivity contribution in [2.45, 2.75) is 31.8 Å². The molecule has 3 aromatic rings. The van der Waals surface area contributed by atoms with Gasteiger partial charge in [0, 0.05) is 13.6 Å².